The van der Waals surface area contributed by atoms with Gasteiger partial charge in [0.2, 0.25) is 0 Å². The molecule has 0 bridgehead atoms. The molecule has 7 unspecified atom stereocenters. The molecule has 3 heterocycles. The van der Waals surface area contributed by atoms with Crippen molar-refractivity contribution in [2.75, 3.05) is 12.3 Å². The molecule has 18 nitrogen and oxygen atoms in total. The Morgan fingerprint density at radius 1 is 1.09 bits per heavy atom. The summed E-state index contributed by atoms with van der Waals surface area (Å²) in [5.41, 5.74) is 5.99. The molecule has 3 rings (SSSR count). The van der Waals surface area contributed by atoms with Crippen LogP contribution in [0.1, 0.15) is 6.23 Å². The van der Waals surface area contributed by atoms with Gasteiger partial charge in [0.25, 0.3) is 7.82 Å². The van der Waals surface area contributed by atoms with Gasteiger partial charge in [0.1, 0.15) is 30.2 Å². The molecule has 7 atom stereocenters. The molecule has 1 fully saturated rings. The normalized spacial score (nSPS) is 29.1. The number of ether oxygens (including phenoxy) is 1. The monoisotopic (exact) mass is 545 g/mol. The molecule has 0 amide bonds. The van der Waals surface area contributed by atoms with Crippen molar-refractivity contribution < 1.29 is 113 Å². The fourth-order valence-corrected chi connectivity index (χ4v) is 5.62. The third kappa shape index (κ3) is 6.91. The van der Waals surface area contributed by atoms with Crippen molar-refractivity contribution in [1.29, 1.82) is 0 Å². The summed E-state index contributed by atoms with van der Waals surface area (Å²) in [6.07, 6.45) is -3.74. The summed E-state index contributed by atoms with van der Waals surface area (Å²) in [5, 5.41) is 20.4. The molecular formula is C10H15KN5O13P3. The molecule has 22 heteroatoms. The van der Waals surface area contributed by atoms with Gasteiger partial charge >= 0.3 is 67.0 Å². The Morgan fingerprint density at radius 3 is 2.38 bits per heavy atom. The van der Waals surface area contributed by atoms with Gasteiger partial charge in [-0.25, -0.2) is 28.4 Å². The summed E-state index contributed by atoms with van der Waals surface area (Å²) < 4.78 is 51.5. The van der Waals surface area contributed by atoms with Crippen molar-refractivity contribution in [1.82, 2.24) is 19.5 Å². The van der Waals surface area contributed by atoms with Crippen LogP contribution in [0.15, 0.2) is 12.7 Å². The van der Waals surface area contributed by atoms with Crippen LogP contribution in [0.5, 0.6) is 0 Å². The van der Waals surface area contributed by atoms with Gasteiger partial charge < -0.3 is 40.3 Å². The Kier molecular flexibility index (Phi) is 9.35. The fourth-order valence-electron chi connectivity index (χ4n) is 2.62. The van der Waals surface area contributed by atoms with Crippen LogP contribution in [-0.2, 0) is 31.6 Å². The first-order valence-corrected chi connectivity index (χ1v) is 12.4. The molecule has 2 aromatic rings. The van der Waals surface area contributed by atoms with Crippen LogP contribution in [0.25, 0.3) is 11.2 Å². The Bertz CT molecular complexity index is 1110. The minimum absolute atomic E-state index is 0. The van der Waals surface area contributed by atoms with Crippen molar-refractivity contribution in [3.63, 3.8) is 0 Å². The Hall–Kier alpha value is 0.276. The zero-order chi connectivity index (χ0) is 23.2. The molecule has 0 spiro atoms. The number of anilines is 1. The zero-order valence-corrected chi connectivity index (χ0v) is 21.7. The van der Waals surface area contributed by atoms with Crippen molar-refractivity contribution in [2.45, 2.75) is 24.5 Å². The van der Waals surface area contributed by atoms with Crippen molar-refractivity contribution in [3.8, 4) is 0 Å². The third-order valence-corrected chi connectivity index (χ3v) is 7.59. The van der Waals surface area contributed by atoms with Gasteiger partial charge in [0.15, 0.2) is 17.7 Å². The number of aromatic nitrogens is 4. The Labute approximate surface area is 220 Å². The van der Waals surface area contributed by atoms with E-state index < -0.39 is 54.6 Å². The predicted octanol–water partition coefficient (Wildman–Crippen LogP) is -5.26. The number of fused-ring (bicyclic) bond motifs is 1. The second-order valence-corrected chi connectivity index (χ2v) is 10.4. The van der Waals surface area contributed by atoms with Crippen LogP contribution in [0, 0.1) is 0 Å². The van der Waals surface area contributed by atoms with Crippen LogP contribution in [-0.4, -0.2) is 69.3 Å². The van der Waals surface area contributed by atoms with E-state index in [0.717, 1.165) is 6.33 Å². The Balaban J connectivity index is 0.00000363. The summed E-state index contributed by atoms with van der Waals surface area (Å²) in [5.74, 6) is 0.0381. The van der Waals surface area contributed by atoms with Crippen LogP contribution in [0.3, 0.4) is 0 Å². The number of hydrogen-bond donors (Lipinski definition) is 6. The first-order chi connectivity index (χ1) is 14.2. The number of aliphatic hydroxyl groups is 2. The van der Waals surface area contributed by atoms with Gasteiger partial charge in [-0.15, -0.1) is 0 Å². The quantitative estimate of drug-likeness (QED) is 0.133. The summed E-state index contributed by atoms with van der Waals surface area (Å²) in [7, 11) is -17.0. The summed E-state index contributed by atoms with van der Waals surface area (Å²) in [4.78, 5) is 49.0. The first kappa shape index (κ1) is 28.5. The van der Waals surface area contributed by atoms with E-state index in [-0.39, 0.29) is 68.4 Å². The van der Waals surface area contributed by atoms with E-state index in [1.54, 1.807) is 0 Å². The molecule has 0 saturated carbocycles. The van der Waals surface area contributed by atoms with E-state index in [9.17, 15) is 33.7 Å². The van der Waals surface area contributed by atoms with Gasteiger partial charge in [-0.2, -0.15) is 4.31 Å². The Morgan fingerprint density at radius 2 is 1.75 bits per heavy atom. The molecule has 7 N–H and O–H groups in total. The van der Waals surface area contributed by atoms with E-state index in [1.807, 2.05) is 0 Å². The van der Waals surface area contributed by atoms with Crippen LogP contribution in [0.4, 0.5) is 5.82 Å². The fraction of sp³-hybridized carbons (Fsp3) is 0.500. The van der Waals surface area contributed by atoms with Crippen molar-refractivity contribution in [3.05, 3.63) is 12.7 Å². The number of phosphoric acid groups is 3. The van der Waals surface area contributed by atoms with Gasteiger partial charge in [-0.1, -0.05) is 0 Å². The average molecular weight is 545 g/mol. The van der Waals surface area contributed by atoms with Crippen LogP contribution < -0.4 is 62.0 Å². The van der Waals surface area contributed by atoms with Crippen LogP contribution in [0.2, 0.25) is 0 Å². The standard InChI is InChI=1S/C10H16N5O13P3.K/c11-8-5-9(13-2-12-8)15(3-14-5)10-7(17)6(16)4(26-10)1-25-30(21,22)28-31(23,24)27-29(18,19)20;/h2-4,6-7,10,16-17H,1H2,(H,21,22)(H,23,24)(H2,11,12,13)(H2,18,19,20);/q;+1/p-1. The summed E-state index contributed by atoms with van der Waals surface area (Å²) in [6, 6.07) is 0. The van der Waals surface area contributed by atoms with Crippen LogP contribution >= 0.6 is 23.5 Å². The smallest absolute Gasteiger partial charge is 0.756 e. The van der Waals surface area contributed by atoms with E-state index in [1.165, 1.54) is 10.9 Å². The summed E-state index contributed by atoms with van der Waals surface area (Å²) >= 11 is 0. The topological polar surface area (TPSA) is 282 Å². The number of aliphatic hydroxyl groups excluding tert-OH is 2. The number of nitrogens with zero attached hydrogens (tertiary/aromatic N) is 4. The number of nitrogens with two attached hydrogens (primary N) is 1. The number of phosphoric ester groups is 1. The second kappa shape index (κ2) is 10.5. The van der Waals surface area contributed by atoms with Gasteiger partial charge in [0, 0.05) is 0 Å². The van der Waals surface area contributed by atoms with Gasteiger partial charge in [-0.05, 0) is 0 Å². The molecule has 174 valence electrons. The minimum Gasteiger partial charge on any atom is -0.756 e. The SMILES string of the molecule is Nc1ncnc2c1ncn2C1OC(COP(=O)(O)OP(=O)(O)OP(=O)([O-])O)C(O)C1O.[K+]. The molecule has 1 saturated heterocycles. The molecule has 2 aromatic heterocycles. The predicted molar refractivity (Wildman–Crippen MR) is 93.3 cm³/mol. The summed E-state index contributed by atoms with van der Waals surface area (Å²) in [6.45, 7) is -0.972. The molecular weight excluding hydrogens is 530 g/mol. The van der Waals surface area contributed by atoms with E-state index in [4.69, 9.17) is 20.3 Å². The van der Waals surface area contributed by atoms with E-state index in [0.29, 0.717) is 0 Å². The second-order valence-electron chi connectivity index (χ2n) is 5.99. The molecule has 0 aromatic carbocycles. The molecule has 1 aliphatic heterocycles. The molecule has 32 heavy (non-hydrogen) atoms. The maximum Gasteiger partial charge on any atom is 1.00 e. The zero-order valence-electron chi connectivity index (χ0n) is 15.9. The third-order valence-electron chi connectivity index (χ3n) is 3.81. The van der Waals surface area contributed by atoms with Crippen molar-refractivity contribution >= 4 is 40.4 Å². The van der Waals surface area contributed by atoms with E-state index in [2.05, 4.69) is 28.1 Å². The molecule has 0 radical (unpaired) electrons. The maximum atomic E-state index is 11.8. The molecule has 0 aliphatic carbocycles. The van der Waals surface area contributed by atoms with E-state index >= 15 is 0 Å². The largest absolute Gasteiger partial charge is 1.00 e. The number of hydrogen-bond acceptors (Lipinski definition) is 14. The molecule has 1 aliphatic rings. The number of imidazole rings is 1. The first-order valence-electron chi connectivity index (χ1n) is 7.90. The minimum atomic E-state index is -5.79. The van der Waals surface area contributed by atoms with Gasteiger partial charge in [0.05, 0.1) is 12.9 Å². The van der Waals surface area contributed by atoms with Gasteiger partial charge in [-0.3, -0.25) is 13.7 Å². The number of rotatable bonds is 8. The number of nitrogen functional groups attached to an aromatic ring is 1. The maximum absolute atomic E-state index is 11.8. The average Bonchev–Trinajstić information content (AvgIpc) is 3.13. The van der Waals surface area contributed by atoms with Crippen molar-refractivity contribution in [2.24, 2.45) is 0 Å².